The molecule has 0 aliphatic heterocycles. The second kappa shape index (κ2) is 8.43. The largest absolute Gasteiger partial charge is 0.455 e. The zero-order valence-corrected chi connectivity index (χ0v) is 17.4. The molecular weight excluding hydrogens is 509 g/mol. The highest BCUT2D eigenvalue weighted by atomic mass is 127. The van der Waals surface area contributed by atoms with Crippen LogP contribution in [0.5, 0.6) is 0 Å². The van der Waals surface area contributed by atoms with Crippen LogP contribution in [-0.2, 0) is 0 Å². The van der Waals surface area contributed by atoms with Crippen molar-refractivity contribution in [3.8, 4) is 11.3 Å². The predicted molar refractivity (Wildman–Crippen MR) is 113 cm³/mol. The van der Waals surface area contributed by atoms with Gasteiger partial charge < -0.3 is 4.42 Å². The molecule has 3 aromatic rings. The van der Waals surface area contributed by atoms with Crippen molar-refractivity contribution in [2.45, 2.75) is 0 Å². The van der Waals surface area contributed by atoms with Gasteiger partial charge in [0, 0.05) is 14.7 Å². The first-order chi connectivity index (χ1) is 12.4. The summed E-state index contributed by atoms with van der Waals surface area (Å²) < 4.78 is 6.63. The van der Waals surface area contributed by atoms with Gasteiger partial charge in [-0.2, -0.15) is 5.10 Å². The Kier molecular flexibility index (Phi) is 6.24. The highest BCUT2D eigenvalue weighted by Crippen LogP contribution is 2.35. The molecule has 1 N–H and O–H groups in total. The third-order valence-corrected chi connectivity index (χ3v) is 5.05. The molecule has 0 spiro atoms. The number of nitrogens with one attached hydrogen (secondary N) is 1. The number of hydrogen-bond donors (Lipinski definition) is 1. The zero-order valence-electron chi connectivity index (χ0n) is 13.0. The number of carbonyl (C=O) groups excluding carboxylic acids is 1. The summed E-state index contributed by atoms with van der Waals surface area (Å²) in [5, 5.41) is 5.07. The smallest absolute Gasteiger partial charge is 0.271 e. The van der Waals surface area contributed by atoms with Gasteiger partial charge in [0.05, 0.1) is 21.3 Å². The van der Waals surface area contributed by atoms with Gasteiger partial charge in [-0.05, 0) is 65.1 Å². The van der Waals surface area contributed by atoms with Gasteiger partial charge in [0.15, 0.2) is 0 Å². The van der Waals surface area contributed by atoms with Gasteiger partial charge >= 0.3 is 0 Å². The first kappa shape index (κ1) is 19.2. The van der Waals surface area contributed by atoms with Crippen molar-refractivity contribution in [2.75, 3.05) is 0 Å². The molecule has 0 fully saturated rings. The maximum atomic E-state index is 12.0. The lowest BCUT2D eigenvalue weighted by molar-refractivity contribution is 0.0955. The molecule has 1 aromatic heterocycles. The summed E-state index contributed by atoms with van der Waals surface area (Å²) in [4.78, 5) is 12.0. The van der Waals surface area contributed by atoms with Gasteiger partial charge in [-0.3, -0.25) is 4.79 Å². The monoisotopic (exact) mass is 518 g/mol. The molecule has 0 bridgehead atoms. The predicted octanol–water partition coefficient (Wildman–Crippen LogP) is 6.28. The molecule has 132 valence electrons. The van der Waals surface area contributed by atoms with Crippen LogP contribution in [0.1, 0.15) is 16.1 Å². The molecule has 2 aromatic carbocycles. The average molecular weight is 520 g/mol. The number of hydrogen-bond acceptors (Lipinski definition) is 3. The summed E-state index contributed by atoms with van der Waals surface area (Å²) in [6.45, 7) is 0. The van der Waals surface area contributed by atoms with Crippen LogP contribution < -0.4 is 5.43 Å². The maximum absolute atomic E-state index is 12.0. The first-order valence-electron chi connectivity index (χ1n) is 7.28. The molecule has 0 radical (unpaired) electrons. The maximum Gasteiger partial charge on any atom is 0.271 e. The van der Waals surface area contributed by atoms with Gasteiger partial charge in [-0.1, -0.05) is 40.9 Å². The summed E-state index contributed by atoms with van der Waals surface area (Å²) in [6.07, 6.45) is 1.40. The minimum atomic E-state index is -0.306. The van der Waals surface area contributed by atoms with Crippen molar-refractivity contribution >= 4 is 69.5 Å². The van der Waals surface area contributed by atoms with Crippen molar-refractivity contribution in [1.82, 2.24) is 5.43 Å². The molecule has 0 saturated heterocycles. The summed E-state index contributed by atoms with van der Waals surface area (Å²) in [6, 6.07) is 13.8. The van der Waals surface area contributed by atoms with Crippen molar-refractivity contribution in [3.05, 3.63) is 78.5 Å². The number of benzene rings is 2. The van der Waals surface area contributed by atoms with Crippen LogP contribution in [0, 0.1) is 3.57 Å². The fourth-order valence-electron chi connectivity index (χ4n) is 2.13. The minimum absolute atomic E-state index is 0.306. The lowest BCUT2D eigenvalue weighted by atomic mass is 10.2. The van der Waals surface area contributed by atoms with E-state index < -0.39 is 0 Å². The molecule has 3 rings (SSSR count). The van der Waals surface area contributed by atoms with E-state index in [-0.39, 0.29) is 5.91 Å². The molecule has 1 amide bonds. The summed E-state index contributed by atoms with van der Waals surface area (Å²) in [7, 11) is 0. The summed E-state index contributed by atoms with van der Waals surface area (Å²) in [5.41, 5.74) is 3.59. The Morgan fingerprint density at radius 1 is 1.04 bits per heavy atom. The first-order valence-corrected chi connectivity index (χ1v) is 9.49. The Balaban J connectivity index is 1.72. The molecule has 4 nitrogen and oxygen atoms in total. The Bertz CT molecular complexity index is 1000. The lowest BCUT2D eigenvalue weighted by Gasteiger charge is -2.03. The van der Waals surface area contributed by atoms with Gasteiger partial charge in [-0.15, -0.1) is 0 Å². The number of nitrogens with zero attached hydrogens (tertiary/aromatic N) is 1. The Morgan fingerprint density at radius 2 is 1.81 bits per heavy atom. The molecule has 0 atom stereocenters. The van der Waals surface area contributed by atoms with Crippen molar-refractivity contribution in [1.29, 1.82) is 0 Å². The number of furan rings is 1. The van der Waals surface area contributed by atoms with E-state index in [9.17, 15) is 4.79 Å². The van der Waals surface area contributed by atoms with E-state index in [4.69, 9.17) is 39.2 Å². The lowest BCUT2D eigenvalue weighted by Crippen LogP contribution is -2.17. The van der Waals surface area contributed by atoms with E-state index in [1.165, 1.54) is 6.21 Å². The number of carbonyl (C=O) groups is 1. The molecule has 0 aliphatic carbocycles. The average Bonchev–Trinajstić information content (AvgIpc) is 3.06. The third kappa shape index (κ3) is 4.59. The molecule has 1 heterocycles. The fraction of sp³-hybridized carbons (Fsp3) is 0. The number of amides is 1. The van der Waals surface area contributed by atoms with Crippen LogP contribution in [0.2, 0.25) is 15.1 Å². The second-order valence-corrected chi connectivity index (χ2v) is 7.62. The number of rotatable bonds is 4. The Morgan fingerprint density at radius 3 is 2.58 bits per heavy atom. The van der Waals surface area contributed by atoms with Crippen LogP contribution in [0.4, 0.5) is 0 Å². The quantitative estimate of drug-likeness (QED) is 0.191. The van der Waals surface area contributed by atoms with Crippen LogP contribution >= 0.6 is 57.4 Å². The fourth-order valence-corrected chi connectivity index (χ4v) is 3.31. The van der Waals surface area contributed by atoms with E-state index in [0.717, 1.165) is 3.57 Å². The van der Waals surface area contributed by atoms with E-state index in [1.807, 2.05) is 6.07 Å². The number of halogens is 4. The third-order valence-electron chi connectivity index (χ3n) is 3.35. The van der Waals surface area contributed by atoms with Gasteiger partial charge in [0.1, 0.15) is 11.5 Å². The molecule has 8 heteroatoms. The second-order valence-electron chi connectivity index (χ2n) is 5.16. The van der Waals surface area contributed by atoms with Crippen LogP contribution in [0.25, 0.3) is 11.3 Å². The van der Waals surface area contributed by atoms with E-state index in [2.05, 4.69) is 33.1 Å². The van der Waals surface area contributed by atoms with Gasteiger partial charge in [0.2, 0.25) is 0 Å². The standard InChI is InChI=1S/C18H10Cl3IN2O2/c19-14-8-16(21)15(20)7-13(14)17-5-4-12(26-17)9-23-24-18(25)10-2-1-3-11(22)6-10/h1-9H,(H,24,25). The van der Waals surface area contributed by atoms with Crippen LogP contribution in [0.15, 0.2) is 58.0 Å². The Labute approximate surface area is 178 Å². The van der Waals surface area contributed by atoms with Gasteiger partial charge in [0.25, 0.3) is 5.91 Å². The van der Waals surface area contributed by atoms with Crippen molar-refractivity contribution < 1.29 is 9.21 Å². The molecule has 0 unspecified atom stereocenters. The van der Waals surface area contributed by atoms with Crippen LogP contribution in [-0.4, -0.2) is 12.1 Å². The summed E-state index contributed by atoms with van der Waals surface area (Å²) >= 11 is 20.3. The molecule has 0 saturated carbocycles. The topological polar surface area (TPSA) is 54.6 Å². The number of hydrazone groups is 1. The normalized spacial score (nSPS) is 11.1. The van der Waals surface area contributed by atoms with Crippen molar-refractivity contribution in [2.24, 2.45) is 5.10 Å². The molecule has 26 heavy (non-hydrogen) atoms. The molecule has 0 aliphatic rings. The SMILES string of the molecule is O=C(NN=Cc1ccc(-c2cc(Cl)c(Cl)cc2Cl)o1)c1cccc(I)c1. The van der Waals surface area contributed by atoms with E-state index in [0.29, 0.717) is 37.7 Å². The highest BCUT2D eigenvalue weighted by Gasteiger charge is 2.11. The zero-order chi connectivity index (χ0) is 18.7. The Hall–Kier alpha value is -1.54. The minimum Gasteiger partial charge on any atom is -0.455 e. The highest BCUT2D eigenvalue weighted by molar-refractivity contribution is 14.1. The van der Waals surface area contributed by atoms with Crippen molar-refractivity contribution in [3.63, 3.8) is 0 Å². The summed E-state index contributed by atoms with van der Waals surface area (Å²) in [5.74, 6) is 0.656. The molecular formula is C18H10Cl3IN2O2. The van der Waals surface area contributed by atoms with E-state index >= 15 is 0 Å². The van der Waals surface area contributed by atoms with Gasteiger partial charge in [-0.25, -0.2) is 5.43 Å². The van der Waals surface area contributed by atoms with Crippen LogP contribution in [0.3, 0.4) is 0 Å². The van der Waals surface area contributed by atoms with E-state index in [1.54, 1.807) is 42.5 Å².